The van der Waals surface area contributed by atoms with E-state index in [0.29, 0.717) is 13.1 Å². The molecule has 114 valence electrons. The lowest BCUT2D eigenvalue weighted by molar-refractivity contribution is 0.464. The molecule has 2 aromatic rings. The summed E-state index contributed by atoms with van der Waals surface area (Å²) in [4.78, 5) is 3.97. The summed E-state index contributed by atoms with van der Waals surface area (Å²) in [5.41, 5.74) is 7.48. The fourth-order valence-electron chi connectivity index (χ4n) is 2.00. The van der Waals surface area contributed by atoms with Gasteiger partial charge in [0.2, 0.25) is 0 Å². The second-order valence-electron chi connectivity index (χ2n) is 4.83. The highest BCUT2D eigenvalue weighted by Crippen LogP contribution is 2.15. The number of hydrogen-bond acceptors (Lipinski definition) is 4. The molecule has 0 saturated carbocycles. The van der Waals surface area contributed by atoms with E-state index in [9.17, 15) is 8.42 Å². The number of nitrogens with zero attached hydrogens (tertiary/aromatic N) is 3. The van der Waals surface area contributed by atoms with Crippen LogP contribution >= 0.6 is 0 Å². The van der Waals surface area contributed by atoms with E-state index in [-0.39, 0.29) is 11.6 Å². The van der Waals surface area contributed by atoms with E-state index in [1.807, 2.05) is 31.2 Å². The van der Waals surface area contributed by atoms with Crippen molar-refractivity contribution in [1.82, 2.24) is 13.9 Å². The lowest BCUT2D eigenvalue weighted by Gasteiger charge is -2.16. The van der Waals surface area contributed by atoms with Crippen molar-refractivity contribution in [3.05, 3.63) is 47.9 Å². The van der Waals surface area contributed by atoms with Crippen LogP contribution in [0.3, 0.4) is 0 Å². The number of rotatable bonds is 6. The number of imidazole rings is 1. The summed E-state index contributed by atoms with van der Waals surface area (Å²) < 4.78 is 27.9. The van der Waals surface area contributed by atoms with Crippen LogP contribution in [0.5, 0.6) is 0 Å². The molecule has 0 saturated heterocycles. The number of aryl methyl sites for hydroxylation is 1. The Morgan fingerprint density at radius 1 is 1.33 bits per heavy atom. The second kappa shape index (κ2) is 6.38. The number of aromatic nitrogens is 2. The number of benzene rings is 1. The molecule has 0 amide bonds. The Morgan fingerprint density at radius 3 is 2.67 bits per heavy atom. The van der Waals surface area contributed by atoms with Gasteiger partial charge in [-0.25, -0.2) is 13.4 Å². The maximum absolute atomic E-state index is 12.4. The molecule has 0 aliphatic heterocycles. The molecule has 2 N–H and O–H groups in total. The van der Waals surface area contributed by atoms with E-state index in [4.69, 9.17) is 5.73 Å². The Kier molecular flexibility index (Phi) is 4.76. The molecule has 0 aliphatic carbocycles. The fraction of sp³-hybridized carbons (Fsp3) is 0.357. The number of sulfonamides is 1. The normalized spacial score (nSPS) is 12.0. The highest BCUT2D eigenvalue weighted by atomic mass is 32.2. The van der Waals surface area contributed by atoms with Crippen LogP contribution in [-0.4, -0.2) is 29.3 Å². The molecule has 0 aliphatic rings. The molecule has 1 heterocycles. The van der Waals surface area contributed by atoms with Crippen molar-refractivity contribution >= 4 is 10.0 Å². The topological polar surface area (TPSA) is 81.2 Å². The Labute approximate surface area is 125 Å². The van der Waals surface area contributed by atoms with Gasteiger partial charge in [0.15, 0.2) is 5.03 Å². The third kappa shape index (κ3) is 3.49. The van der Waals surface area contributed by atoms with Crippen LogP contribution in [0.25, 0.3) is 0 Å². The first-order valence-corrected chi connectivity index (χ1v) is 8.17. The molecule has 0 unspecified atom stereocenters. The van der Waals surface area contributed by atoms with Crippen molar-refractivity contribution in [3.63, 3.8) is 0 Å². The zero-order valence-electron chi connectivity index (χ0n) is 12.2. The van der Waals surface area contributed by atoms with Crippen molar-refractivity contribution < 1.29 is 8.42 Å². The lowest BCUT2D eigenvalue weighted by Crippen LogP contribution is -2.26. The van der Waals surface area contributed by atoms with Crippen molar-refractivity contribution in [2.75, 3.05) is 7.05 Å². The third-order valence-electron chi connectivity index (χ3n) is 3.28. The summed E-state index contributed by atoms with van der Waals surface area (Å²) in [5, 5.41) is 0.0711. The maximum Gasteiger partial charge on any atom is 0.262 e. The van der Waals surface area contributed by atoms with Gasteiger partial charge in [-0.1, -0.05) is 24.3 Å². The monoisotopic (exact) mass is 308 g/mol. The predicted octanol–water partition coefficient (Wildman–Crippen LogP) is 1.18. The molecule has 1 aromatic heterocycles. The molecule has 0 spiro atoms. The zero-order valence-corrected chi connectivity index (χ0v) is 13.0. The summed E-state index contributed by atoms with van der Waals surface area (Å²) in [6.07, 6.45) is 3.07. The maximum atomic E-state index is 12.4. The van der Waals surface area contributed by atoms with Crippen molar-refractivity contribution in [3.8, 4) is 0 Å². The third-order valence-corrected chi connectivity index (χ3v) is 4.97. The van der Waals surface area contributed by atoms with Gasteiger partial charge in [-0.3, -0.25) is 0 Å². The summed E-state index contributed by atoms with van der Waals surface area (Å²) in [5.74, 6) is 0. The molecule has 6 nitrogen and oxygen atoms in total. The largest absolute Gasteiger partial charge is 0.336 e. The van der Waals surface area contributed by atoms with Gasteiger partial charge in [0.1, 0.15) is 0 Å². The molecular weight excluding hydrogens is 288 g/mol. The zero-order chi connectivity index (χ0) is 15.5. The van der Waals surface area contributed by atoms with E-state index in [0.717, 1.165) is 11.1 Å². The van der Waals surface area contributed by atoms with Gasteiger partial charge >= 0.3 is 0 Å². The molecule has 0 fully saturated rings. The Bertz CT molecular complexity index is 709. The Hall–Kier alpha value is -1.70. The predicted molar refractivity (Wildman–Crippen MR) is 80.9 cm³/mol. The highest BCUT2D eigenvalue weighted by Gasteiger charge is 2.23. The summed E-state index contributed by atoms with van der Waals surface area (Å²) in [6.45, 7) is 3.34. The Morgan fingerprint density at radius 2 is 2.05 bits per heavy atom. The van der Waals surface area contributed by atoms with Crippen LogP contribution in [0, 0.1) is 0 Å². The van der Waals surface area contributed by atoms with Gasteiger partial charge < -0.3 is 10.3 Å². The molecule has 21 heavy (non-hydrogen) atoms. The minimum absolute atomic E-state index is 0.0711. The van der Waals surface area contributed by atoms with Crippen LogP contribution < -0.4 is 5.73 Å². The number of nitrogens with two attached hydrogens (primary N) is 1. The second-order valence-corrected chi connectivity index (χ2v) is 6.82. The van der Waals surface area contributed by atoms with Gasteiger partial charge in [-0.05, 0) is 18.1 Å². The fourth-order valence-corrected chi connectivity index (χ4v) is 3.09. The van der Waals surface area contributed by atoms with Gasteiger partial charge in [0.25, 0.3) is 10.0 Å². The first-order valence-electron chi connectivity index (χ1n) is 6.73. The van der Waals surface area contributed by atoms with Crippen LogP contribution in [0.1, 0.15) is 18.1 Å². The summed E-state index contributed by atoms with van der Waals surface area (Å²) in [6, 6.07) is 7.59. The minimum Gasteiger partial charge on any atom is -0.336 e. The van der Waals surface area contributed by atoms with E-state index >= 15 is 0 Å². The molecular formula is C14H20N4O2S. The minimum atomic E-state index is -3.58. The average Bonchev–Trinajstić information content (AvgIpc) is 2.97. The van der Waals surface area contributed by atoms with Crippen molar-refractivity contribution in [2.45, 2.75) is 31.6 Å². The lowest BCUT2D eigenvalue weighted by atomic mass is 10.1. The van der Waals surface area contributed by atoms with E-state index in [1.165, 1.54) is 10.6 Å². The summed E-state index contributed by atoms with van der Waals surface area (Å²) >= 11 is 0. The van der Waals surface area contributed by atoms with Crippen LogP contribution in [0.2, 0.25) is 0 Å². The average molecular weight is 308 g/mol. The van der Waals surface area contributed by atoms with Gasteiger partial charge in [-0.2, -0.15) is 4.31 Å². The van der Waals surface area contributed by atoms with E-state index < -0.39 is 10.0 Å². The highest BCUT2D eigenvalue weighted by molar-refractivity contribution is 7.89. The standard InChI is InChI=1S/C14H20N4O2S/c1-3-18-10-14(16-11-18)21(19,20)17(2)9-13-6-4-5-12(7-13)8-15/h4-7,10-11H,3,8-9,15H2,1-2H3. The van der Waals surface area contributed by atoms with Crippen molar-refractivity contribution in [1.29, 1.82) is 0 Å². The SMILES string of the molecule is CCn1cnc(S(=O)(=O)N(C)Cc2cccc(CN)c2)c1. The first-order chi connectivity index (χ1) is 9.97. The van der Waals surface area contributed by atoms with Crippen LogP contribution in [0.4, 0.5) is 0 Å². The van der Waals surface area contributed by atoms with Gasteiger partial charge in [0, 0.05) is 32.9 Å². The smallest absolute Gasteiger partial charge is 0.262 e. The molecule has 2 rings (SSSR count). The van der Waals surface area contributed by atoms with E-state index in [1.54, 1.807) is 17.8 Å². The Balaban J connectivity index is 2.19. The van der Waals surface area contributed by atoms with E-state index in [2.05, 4.69) is 4.98 Å². The summed E-state index contributed by atoms with van der Waals surface area (Å²) in [7, 11) is -2.02. The molecule has 7 heteroatoms. The van der Waals surface area contributed by atoms with Crippen molar-refractivity contribution in [2.24, 2.45) is 5.73 Å². The number of hydrogen-bond donors (Lipinski definition) is 1. The van der Waals surface area contributed by atoms with Crippen LogP contribution in [0.15, 0.2) is 41.8 Å². The van der Waals surface area contributed by atoms with Crippen LogP contribution in [-0.2, 0) is 29.7 Å². The first kappa shape index (κ1) is 15.7. The van der Waals surface area contributed by atoms with Gasteiger partial charge in [-0.15, -0.1) is 0 Å². The van der Waals surface area contributed by atoms with Gasteiger partial charge in [0.05, 0.1) is 6.33 Å². The molecule has 0 bridgehead atoms. The molecule has 1 aromatic carbocycles. The quantitative estimate of drug-likeness (QED) is 0.869. The molecule has 0 radical (unpaired) electrons. The molecule has 0 atom stereocenters.